The van der Waals surface area contributed by atoms with Crippen molar-refractivity contribution in [1.82, 2.24) is 14.5 Å². The average molecular weight is 346 g/mol. The molecule has 2 aromatic rings. The Balaban J connectivity index is 1.84. The third-order valence-electron chi connectivity index (χ3n) is 4.29. The SMILES string of the molecule is COc1ccc(C(=O)N2CCCC2)cc1NC(C)c1snnc1C. The third-order valence-corrected chi connectivity index (χ3v) is 5.30. The zero-order valence-corrected chi connectivity index (χ0v) is 15.0. The Labute approximate surface area is 146 Å². The fourth-order valence-corrected chi connectivity index (χ4v) is 3.63. The molecule has 6 nitrogen and oxygen atoms in total. The van der Waals surface area contributed by atoms with E-state index in [-0.39, 0.29) is 11.9 Å². The van der Waals surface area contributed by atoms with E-state index >= 15 is 0 Å². The molecule has 1 unspecified atom stereocenters. The molecule has 1 amide bonds. The first-order valence-corrected chi connectivity index (χ1v) is 8.90. The van der Waals surface area contributed by atoms with Crippen molar-refractivity contribution in [2.45, 2.75) is 32.7 Å². The van der Waals surface area contributed by atoms with Gasteiger partial charge in [0.05, 0.1) is 29.4 Å². The van der Waals surface area contributed by atoms with Crippen molar-refractivity contribution in [2.75, 3.05) is 25.5 Å². The predicted molar refractivity (Wildman–Crippen MR) is 94.8 cm³/mol. The number of likely N-dealkylation sites (tertiary alicyclic amines) is 1. The van der Waals surface area contributed by atoms with Crippen LogP contribution in [0.1, 0.15) is 46.7 Å². The summed E-state index contributed by atoms with van der Waals surface area (Å²) in [7, 11) is 1.63. The normalized spacial score (nSPS) is 15.4. The summed E-state index contributed by atoms with van der Waals surface area (Å²) in [6, 6.07) is 5.58. The molecule has 1 fully saturated rings. The van der Waals surface area contributed by atoms with Gasteiger partial charge in [0, 0.05) is 18.7 Å². The van der Waals surface area contributed by atoms with Gasteiger partial charge in [-0.05, 0) is 56.4 Å². The molecule has 128 valence electrons. The van der Waals surface area contributed by atoms with Crippen molar-refractivity contribution < 1.29 is 9.53 Å². The average Bonchev–Trinajstić information content (AvgIpc) is 3.25. The molecule has 1 aromatic heterocycles. The summed E-state index contributed by atoms with van der Waals surface area (Å²) in [6.07, 6.45) is 2.17. The quantitative estimate of drug-likeness (QED) is 0.900. The molecule has 1 atom stereocenters. The first-order chi connectivity index (χ1) is 11.6. The minimum atomic E-state index is 0.0380. The number of nitrogens with zero attached hydrogens (tertiary/aromatic N) is 3. The molecule has 0 radical (unpaired) electrons. The highest BCUT2D eigenvalue weighted by Crippen LogP contribution is 2.31. The fraction of sp³-hybridized carbons (Fsp3) is 0.471. The molecule has 1 aliphatic heterocycles. The molecule has 24 heavy (non-hydrogen) atoms. The second-order valence-electron chi connectivity index (χ2n) is 6.00. The van der Waals surface area contributed by atoms with Gasteiger partial charge in [0.1, 0.15) is 5.75 Å². The molecule has 3 rings (SSSR count). The lowest BCUT2D eigenvalue weighted by Crippen LogP contribution is -2.27. The summed E-state index contributed by atoms with van der Waals surface area (Å²) < 4.78 is 9.42. The maximum atomic E-state index is 12.6. The Bertz CT molecular complexity index is 725. The maximum Gasteiger partial charge on any atom is 0.253 e. The van der Waals surface area contributed by atoms with Crippen LogP contribution in [0.5, 0.6) is 5.75 Å². The van der Waals surface area contributed by atoms with E-state index in [9.17, 15) is 4.79 Å². The zero-order valence-electron chi connectivity index (χ0n) is 14.2. The molecule has 1 saturated heterocycles. The number of carbonyl (C=O) groups excluding carboxylic acids is 1. The van der Waals surface area contributed by atoms with Crippen LogP contribution in [-0.4, -0.2) is 40.6 Å². The van der Waals surface area contributed by atoms with Gasteiger partial charge in [-0.3, -0.25) is 4.79 Å². The first kappa shape index (κ1) is 16.7. The van der Waals surface area contributed by atoms with Crippen molar-refractivity contribution in [1.29, 1.82) is 0 Å². The van der Waals surface area contributed by atoms with E-state index in [1.807, 2.05) is 30.0 Å². The van der Waals surface area contributed by atoms with E-state index in [4.69, 9.17) is 4.74 Å². The van der Waals surface area contributed by atoms with Crippen molar-refractivity contribution in [3.05, 3.63) is 34.3 Å². The Morgan fingerprint density at radius 2 is 2.12 bits per heavy atom. The Morgan fingerprint density at radius 3 is 2.75 bits per heavy atom. The zero-order chi connectivity index (χ0) is 17.1. The van der Waals surface area contributed by atoms with E-state index in [2.05, 4.69) is 21.8 Å². The molecule has 2 heterocycles. The number of hydrogen-bond acceptors (Lipinski definition) is 6. The van der Waals surface area contributed by atoms with Crippen LogP contribution in [0.2, 0.25) is 0 Å². The Kier molecular flexibility index (Phi) is 4.99. The van der Waals surface area contributed by atoms with Crippen LogP contribution in [0.15, 0.2) is 18.2 Å². The number of nitrogens with one attached hydrogen (secondary N) is 1. The molecule has 1 aromatic carbocycles. The summed E-state index contributed by atoms with van der Waals surface area (Å²) in [5.41, 5.74) is 2.41. The third kappa shape index (κ3) is 3.36. The number of rotatable bonds is 5. The number of aromatic nitrogens is 2. The van der Waals surface area contributed by atoms with Crippen molar-refractivity contribution >= 4 is 23.1 Å². The van der Waals surface area contributed by atoms with Crippen molar-refractivity contribution in [2.24, 2.45) is 0 Å². The number of benzene rings is 1. The van der Waals surface area contributed by atoms with Crippen LogP contribution in [0.3, 0.4) is 0 Å². The summed E-state index contributed by atoms with van der Waals surface area (Å²) in [4.78, 5) is 15.6. The number of anilines is 1. The minimum absolute atomic E-state index is 0.0380. The summed E-state index contributed by atoms with van der Waals surface area (Å²) in [5, 5.41) is 7.48. The monoisotopic (exact) mass is 346 g/mol. The first-order valence-electron chi connectivity index (χ1n) is 8.13. The maximum absolute atomic E-state index is 12.6. The molecule has 1 aliphatic rings. The van der Waals surface area contributed by atoms with Gasteiger partial charge < -0.3 is 15.0 Å². The summed E-state index contributed by atoms with van der Waals surface area (Å²) in [6.45, 7) is 5.68. The minimum Gasteiger partial charge on any atom is -0.495 e. The van der Waals surface area contributed by atoms with E-state index in [1.165, 1.54) is 11.5 Å². The van der Waals surface area contributed by atoms with Crippen LogP contribution < -0.4 is 10.1 Å². The molecule has 0 saturated carbocycles. The van der Waals surface area contributed by atoms with Crippen molar-refractivity contribution in [3.63, 3.8) is 0 Å². The Morgan fingerprint density at radius 1 is 1.38 bits per heavy atom. The molecule has 0 aliphatic carbocycles. The van der Waals surface area contributed by atoms with Gasteiger partial charge in [-0.25, -0.2) is 0 Å². The van der Waals surface area contributed by atoms with Gasteiger partial charge in [-0.15, -0.1) is 5.10 Å². The highest BCUT2D eigenvalue weighted by molar-refractivity contribution is 7.05. The van der Waals surface area contributed by atoms with Gasteiger partial charge in [0.25, 0.3) is 5.91 Å². The standard InChI is InChI=1S/C17H22N4O2S/c1-11(16-12(2)19-20-24-16)18-14-10-13(6-7-15(14)23-3)17(22)21-8-4-5-9-21/h6-7,10-11,18H,4-5,8-9H2,1-3H3. The molecule has 1 N–H and O–H groups in total. The number of amides is 1. The van der Waals surface area contributed by atoms with Gasteiger partial charge in [0.15, 0.2) is 0 Å². The molecule has 0 spiro atoms. The van der Waals surface area contributed by atoms with Crippen LogP contribution in [-0.2, 0) is 0 Å². The number of hydrogen-bond donors (Lipinski definition) is 1. The predicted octanol–water partition coefficient (Wildman–Crippen LogP) is 3.26. The van der Waals surface area contributed by atoms with Crippen LogP contribution in [0.4, 0.5) is 5.69 Å². The molecule has 0 bridgehead atoms. The fourth-order valence-electron chi connectivity index (χ4n) is 2.99. The highest BCUT2D eigenvalue weighted by atomic mass is 32.1. The summed E-state index contributed by atoms with van der Waals surface area (Å²) in [5.74, 6) is 0.802. The second kappa shape index (κ2) is 7.17. The lowest BCUT2D eigenvalue weighted by atomic mass is 10.1. The van der Waals surface area contributed by atoms with Crippen molar-refractivity contribution in [3.8, 4) is 5.75 Å². The summed E-state index contributed by atoms with van der Waals surface area (Å²) >= 11 is 1.38. The number of carbonyl (C=O) groups is 1. The Hall–Kier alpha value is -2.15. The van der Waals surface area contributed by atoms with Crippen LogP contribution in [0, 0.1) is 6.92 Å². The molecular weight excluding hydrogens is 324 g/mol. The van der Waals surface area contributed by atoms with Gasteiger partial charge in [-0.2, -0.15) is 0 Å². The van der Waals surface area contributed by atoms with Crippen LogP contribution >= 0.6 is 11.5 Å². The highest BCUT2D eigenvalue weighted by Gasteiger charge is 2.21. The van der Waals surface area contributed by atoms with Gasteiger partial charge >= 0.3 is 0 Å². The largest absolute Gasteiger partial charge is 0.495 e. The topological polar surface area (TPSA) is 67.3 Å². The second-order valence-corrected chi connectivity index (χ2v) is 6.79. The lowest BCUT2D eigenvalue weighted by Gasteiger charge is -2.19. The number of ether oxygens (including phenoxy) is 1. The van der Waals surface area contributed by atoms with Gasteiger partial charge in [0.2, 0.25) is 0 Å². The lowest BCUT2D eigenvalue weighted by molar-refractivity contribution is 0.0793. The smallest absolute Gasteiger partial charge is 0.253 e. The van der Waals surface area contributed by atoms with E-state index < -0.39 is 0 Å². The molecule has 7 heteroatoms. The molecular formula is C17H22N4O2S. The van der Waals surface area contributed by atoms with E-state index in [1.54, 1.807) is 7.11 Å². The van der Waals surface area contributed by atoms with Crippen LogP contribution in [0.25, 0.3) is 0 Å². The number of aryl methyl sites for hydroxylation is 1. The van der Waals surface area contributed by atoms with Gasteiger partial charge in [-0.1, -0.05) is 4.49 Å². The number of methoxy groups -OCH3 is 1. The van der Waals surface area contributed by atoms with E-state index in [0.29, 0.717) is 5.56 Å². The van der Waals surface area contributed by atoms with E-state index in [0.717, 1.165) is 47.9 Å².